The minimum absolute atomic E-state index is 0.0968. The smallest absolute Gasteiger partial charge is 0.273 e. The molecule has 2 aliphatic rings. The van der Waals surface area contributed by atoms with Crippen molar-refractivity contribution in [1.29, 1.82) is 0 Å². The summed E-state index contributed by atoms with van der Waals surface area (Å²) >= 11 is 0. The highest BCUT2D eigenvalue weighted by molar-refractivity contribution is 6.30. The lowest BCUT2D eigenvalue weighted by Crippen LogP contribution is -2.23. The first-order chi connectivity index (χ1) is 20.4. The molecule has 4 heterocycles. The van der Waals surface area contributed by atoms with Gasteiger partial charge in [-0.05, 0) is 118 Å². The number of carboxylic acid groups (broad SMARTS) is 2. The zero-order valence-electron chi connectivity index (χ0n) is 25.3. The molecule has 1 atom stereocenters. The molecule has 43 heavy (non-hydrogen) atoms. The molecule has 226 valence electrons. The molecule has 2 aromatic rings. The number of carboxylic acids is 2. The summed E-state index contributed by atoms with van der Waals surface area (Å²) in [6, 6.07) is 0. The fourth-order valence-electron chi connectivity index (χ4n) is 5.76. The van der Waals surface area contributed by atoms with E-state index < -0.39 is 11.9 Å². The van der Waals surface area contributed by atoms with Crippen LogP contribution in [-0.4, -0.2) is 39.4 Å². The normalized spacial score (nSPS) is 19.8. The maximum Gasteiger partial charge on any atom is 0.273 e. The lowest BCUT2D eigenvalue weighted by Gasteiger charge is -2.05. The van der Waals surface area contributed by atoms with Crippen LogP contribution in [0.3, 0.4) is 0 Å². The van der Waals surface area contributed by atoms with Crippen LogP contribution in [0.4, 0.5) is 0 Å². The van der Waals surface area contributed by atoms with E-state index in [9.17, 15) is 29.4 Å². The number of nitrogens with zero attached hydrogens (tertiary/aromatic N) is 1. The van der Waals surface area contributed by atoms with Crippen molar-refractivity contribution in [3.63, 3.8) is 0 Å². The molecule has 0 saturated carbocycles. The average molecular weight is 585 g/mol. The molecular formula is C33H36N4O6-2. The first-order valence-corrected chi connectivity index (χ1v) is 14.4. The summed E-state index contributed by atoms with van der Waals surface area (Å²) < 4.78 is 0. The van der Waals surface area contributed by atoms with Crippen molar-refractivity contribution in [3.8, 4) is 0 Å². The van der Waals surface area contributed by atoms with Gasteiger partial charge in [-0.15, -0.1) is 0 Å². The minimum atomic E-state index is -1.18. The maximum atomic E-state index is 12.3. The molecule has 0 radical (unpaired) electrons. The fraction of sp³-hybridized carbons (Fsp3) is 0.364. The van der Waals surface area contributed by atoms with E-state index in [1.807, 2.05) is 59.8 Å². The Kier molecular flexibility index (Phi) is 9.18. The molecule has 10 heteroatoms. The van der Waals surface area contributed by atoms with Crippen LogP contribution in [0.1, 0.15) is 80.6 Å². The second-order valence-electron chi connectivity index (χ2n) is 10.9. The number of carbonyl (C=O) groups is 4. The van der Waals surface area contributed by atoms with Crippen molar-refractivity contribution in [3.05, 3.63) is 72.8 Å². The summed E-state index contributed by atoms with van der Waals surface area (Å²) in [6.07, 6.45) is 7.95. The fourth-order valence-corrected chi connectivity index (χ4v) is 5.76. The topological polar surface area (TPSA) is 170 Å². The van der Waals surface area contributed by atoms with E-state index in [-0.39, 0.29) is 43.4 Å². The molecule has 1 fully saturated rings. The summed E-state index contributed by atoms with van der Waals surface area (Å²) in [5, 5.41) is 27.0. The predicted octanol–water partition coefficient (Wildman–Crippen LogP) is 0.695. The quantitative estimate of drug-likeness (QED) is 0.371. The van der Waals surface area contributed by atoms with Gasteiger partial charge in [0.1, 0.15) is 0 Å². The summed E-state index contributed by atoms with van der Waals surface area (Å²) in [4.78, 5) is 58.4. The molecular weight excluding hydrogens is 548 g/mol. The number of nitrogens with one attached hydrogen (secondary N) is 3. The van der Waals surface area contributed by atoms with Crippen molar-refractivity contribution in [2.45, 2.75) is 73.6 Å². The van der Waals surface area contributed by atoms with Gasteiger partial charge in [0, 0.05) is 45.3 Å². The van der Waals surface area contributed by atoms with E-state index in [0.29, 0.717) is 45.5 Å². The predicted molar refractivity (Wildman–Crippen MR) is 159 cm³/mol. The summed E-state index contributed by atoms with van der Waals surface area (Å²) in [7, 11) is 0. The number of H-pyrrole nitrogens is 2. The number of aliphatic carboxylic acids is 2. The molecule has 0 bridgehead atoms. The zero-order chi connectivity index (χ0) is 31.6. The number of hydrogen-bond donors (Lipinski definition) is 3. The van der Waals surface area contributed by atoms with Crippen LogP contribution < -0.4 is 26.2 Å². The Morgan fingerprint density at radius 1 is 0.884 bits per heavy atom. The van der Waals surface area contributed by atoms with Crippen LogP contribution in [0, 0.1) is 19.8 Å². The summed E-state index contributed by atoms with van der Waals surface area (Å²) in [6.45, 7) is 11.2. The Bertz CT molecular complexity index is 1780. The molecule has 2 aromatic heterocycles. The molecule has 10 nitrogen and oxygen atoms in total. The van der Waals surface area contributed by atoms with E-state index in [1.54, 1.807) is 6.08 Å². The Balaban J connectivity index is 1.91. The van der Waals surface area contributed by atoms with Gasteiger partial charge in [0.15, 0.2) is 0 Å². The Morgan fingerprint density at radius 2 is 1.53 bits per heavy atom. The van der Waals surface area contributed by atoms with E-state index in [0.717, 1.165) is 33.4 Å². The van der Waals surface area contributed by atoms with Gasteiger partial charge in [0.25, 0.3) is 5.91 Å². The molecule has 0 unspecified atom stereocenters. The highest BCUT2D eigenvalue weighted by Gasteiger charge is 2.29. The van der Waals surface area contributed by atoms with Crippen LogP contribution in [0.25, 0.3) is 18.2 Å². The summed E-state index contributed by atoms with van der Waals surface area (Å²) in [5.74, 6) is -3.00. The van der Waals surface area contributed by atoms with Gasteiger partial charge in [-0.3, -0.25) is 9.59 Å². The third kappa shape index (κ3) is 6.38. The van der Waals surface area contributed by atoms with Crippen LogP contribution in [0.5, 0.6) is 0 Å². The highest BCUT2D eigenvalue weighted by Crippen LogP contribution is 2.29. The van der Waals surface area contributed by atoms with Crippen molar-refractivity contribution in [2.75, 3.05) is 0 Å². The van der Waals surface area contributed by atoms with E-state index in [4.69, 9.17) is 0 Å². The van der Waals surface area contributed by atoms with E-state index >= 15 is 0 Å². The number of allylic oxidation sites excluding steroid dienone is 3. The van der Waals surface area contributed by atoms with Gasteiger partial charge in [0.2, 0.25) is 5.91 Å². The van der Waals surface area contributed by atoms with Gasteiger partial charge in [-0.2, -0.15) is 0 Å². The minimum Gasteiger partial charge on any atom is -0.550 e. The van der Waals surface area contributed by atoms with Crippen LogP contribution in [0.2, 0.25) is 0 Å². The average Bonchev–Trinajstić information content (AvgIpc) is 3.59. The van der Waals surface area contributed by atoms with Gasteiger partial charge in [-0.1, -0.05) is 13.0 Å². The third-order valence-corrected chi connectivity index (χ3v) is 8.33. The molecule has 0 aliphatic carbocycles. The van der Waals surface area contributed by atoms with Crippen LogP contribution >= 0.6 is 0 Å². The van der Waals surface area contributed by atoms with Crippen LogP contribution in [-0.2, 0) is 32.0 Å². The zero-order valence-corrected chi connectivity index (χ0v) is 25.3. The molecule has 0 spiro atoms. The lowest BCUT2D eigenvalue weighted by molar-refractivity contribution is -0.307. The maximum absolute atomic E-state index is 12.3. The molecule has 0 aromatic carbocycles. The molecule has 3 N–H and O–H groups in total. The molecule has 2 aliphatic heterocycles. The lowest BCUT2D eigenvalue weighted by atomic mass is 10.00. The number of carbonyl (C=O) groups excluding carboxylic acids is 4. The van der Waals surface area contributed by atoms with Gasteiger partial charge >= 0.3 is 0 Å². The number of aliphatic imine (C=N–C) groups is 1. The standard InChI is InChI=1S/C33H38N4O6/c1-7-20-19(6)32(42)37-27(20)14-25-18(5)23(10-12-31(40)41)29(35-25)15-28-22(9-11-30(38)39)17(4)24(34-28)13-26-16(3)21(8-2)33(43)36-26/h7,13-15,19,34-35H,8-12H2,1-6H3,(H,37,42)(H,38,39)(H,40,41)/p-2/b20-7-,24-13-,27-14-,28-15-/t19-/m1/s1. The number of aromatic nitrogens is 2. The molecule has 1 saturated heterocycles. The number of rotatable bonds is 10. The molecule has 4 rings (SSSR count). The largest absolute Gasteiger partial charge is 0.550 e. The molecule has 2 amide bonds. The Morgan fingerprint density at radius 3 is 2.12 bits per heavy atom. The second kappa shape index (κ2) is 12.6. The van der Waals surface area contributed by atoms with Crippen LogP contribution in [0.15, 0.2) is 33.5 Å². The Hall–Kier alpha value is -4.73. The SMILES string of the molecule is C/C=C1\C(=C\c2[nH]c(/C=c3\[nH]/c(=C\C4=NC(=O)C(CC)=C4C)c(C)c3CCC(=O)[O-])c(CCC(=O)[O-])c2C)NC(=O)[C@@H]1C. The second-order valence-corrected chi connectivity index (χ2v) is 10.9. The van der Waals surface area contributed by atoms with Crippen molar-refractivity contribution in [1.82, 2.24) is 15.3 Å². The number of hydrogen-bond acceptors (Lipinski definition) is 6. The van der Waals surface area contributed by atoms with Gasteiger partial charge in [0.05, 0.1) is 11.6 Å². The highest BCUT2D eigenvalue weighted by atomic mass is 16.4. The van der Waals surface area contributed by atoms with Gasteiger partial charge < -0.3 is 35.1 Å². The van der Waals surface area contributed by atoms with Gasteiger partial charge in [-0.25, -0.2) is 4.99 Å². The van der Waals surface area contributed by atoms with E-state index in [2.05, 4.69) is 20.3 Å². The van der Waals surface area contributed by atoms with Crippen molar-refractivity contribution in [2.24, 2.45) is 10.9 Å². The third-order valence-electron chi connectivity index (χ3n) is 8.33. The first-order valence-electron chi connectivity index (χ1n) is 14.4. The number of aromatic amines is 2. The van der Waals surface area contributed by atoms with Crippen molar-refractivity contribution < 1.29 is 29.4 Å². The monoisotopic (exact) mass is 584 g/mol. The van der Waals surface area contributed by atoms with Crippen molar-refractivity contribution >= 4 is 47.7 Å². The summed E-state index contributed by atoms with van der Waals surface area (Å²) in [5.41, 5.74) is 8.06. The first kappa shape index (κ1) is 31.2. The van der Waals surface area contributed by atoms with E-state index in [1.165, 1.54) is 0 Å². The number of amides is 2. The Labute approximate surface area is 249 Å².